The standard InChI is InChI=1S/C12H14N2O3S/c1-7(12(13)18)4-11(15)14-8-2-3-9-10(5-8)17-6-16-9/h2-3,5,7H,4,6H2,1H3,(H2,13,18)(H,14,15). The molecule has 0 aromatic heterocycles. The Hall–Kier alpha value is -1.82. The van der Waals surface area contributed by atoms with Gasteiger partial charge < -0.3 is 20.5 Å². The first-order valence-electron chi connectivity index (χ1n) is 5.55. The van der Waals surface area contributed by atoms with E-state index in [0.717, 1.165) is 0 Å². The van der Waals surface area contributed by atoms with Crippen molar-refractivity contribution in [1.29, 1.82) is 0 Å². The fourth-order valence-corrected chi connectivity index (χ4v) is 1.65. The third-order valence-corrected chi connectivity index (χ3v) is 3.04. The SMILES string of the molecule is CC(CC(=O)Nc1ccc2c(c1)OCO2)C(N)=S. The van der Waals surface area contributed by atoms with Crippen molar-refractivity contribution in [2.45, 2.75) is 13.3 Å². The molecule has 1 aromatic carbocycles. The summed E-state index contributed by atoms with van der Waals surface area (Å²) in [6, 6.07) is 5.25. The number of thiocarbonyl (C=S) groups is 1. The van der Waals surface area contributed by atoms with E-state index in [4.69, 9.17) is 27.4 Å². The zero-order chi connectivity index (χ0) is 13.1. The van der Waals surface area contributed by atoms with E-state index in [1.165, 1.54) is 0 Å². The molecule has 18 heavy (non-hydrogen) atoms. The molecule has 6 heteroatoms. The zero-order valence-corrected chi connectivity index (χ0v) is 10.8. The van der Waals surface area contributed by atoms with Crippen molar-refractivity contribution < 1.29 is 14.3 Å². The van der Waals surface area contributed by atoms with E-state index in [9.17, 15) is 4.79 Å². The van der Waals surface area contributed by atoms with Crippen molar-refractivity contribution in [1.82, 2.24) is 0 Å². The van der Waals surface area contributed by atoms with Crippen LogP contribution >= 0.6 is 12.2 Å². The molecule has 1 aliphatic heterocycles. The number of anilines is 1. The van der Waals surface area contributed by atoms with Crippen LogP contribution in [0.3, 0.4) is 0 Å². The Balaban J connectivity index is 1.97. The van der Waals surface area contributed by atoms with E-state index in [2.05, 4.69) is 5.32 Å². The summed E-state index contributed by atoms with van der Waals surface area (Å²) in [5, 5.41) is 2.77. The van der Waals surface area contributed by atoms with Crippen molar-refractivity contribution in [2.75, 3.05) is 12.1 Å². The van der Waals surface area contributed by atoms with Crippen LogP contribution in [-0.4, -0.2) is 17.7 Å². The summed E-state index contributed by atoms with van der Waals surface area (Å²) >= 11 is 4.83. The number of ether oxygens (including phenoxy) is 2. The van der Waals surface area contributed by atoms with Crippen LogP contribution in [0.5, 0.6) is 11.5 Å². The van der Waals surface area contributed by atoms with Crippen LogP contribution in [0.25, 0.3) is 0 Å². The third-order valence-electron chi connectivity index (χ3n) is 2.63. The Morgan fingerprint density at radius 3 is 2.94 bits per heavy atom. The molecule has 5 nitrogen and oxygen atoms in total. The van der Waals surface area contributed by atoms with Gasteiger partial charge in [-0.15, -0.1) is 0 Å². The first kappa shape index (κ1) is 12.6. The van der Waals surface area contributed by atoms with Gasteiger partial charge in [-0.1, -0.05) is 19.1 Å². The van der Waals surface area contributed by atoms with Crippen molar-refractivity contribution in [2.24, 2.45) is 11.7 Å². The lowest BCUT2D eigenvalue weighted by molar-refractivity contribution is -0.116. The van der Waals surface area contributed by atoms with Gasteiger partial charge in [0.05, 0.1) is 4.99 Å². The topological polar surface area (TPSA) is 73.6 Å². The second-order valence-corrected chi connectivity index (χ2v) is 4.60. The number of rotatable bonds is 4. The second-order valence-electron chi connectivity index (χ2n) is 4.12. The molecular weight excluding hydrogens is 252 g/mol. The minimum Gasteiger partial charge on any atom is -0.454 e. The average Bonchev–Trinajstić information content (AvgIpc) is 2.75. The molecule has 0 saturated carbocycles. The Labute approximate surface area is 110 Å². The Morgan fingerprint density at radius 1 is 1.50 bits per heavy atom. The zero-order valence-electron chi connectivity index (χ0n) is 9.93. The number of carbonyl (C=O) groups is 1. The summed E-state index contributed by atoms with van der Waals surface area (Å²) in [6.45, 7) is 2.03. The fraction of sp³-hybridized carbons (Fsp3) is 0.333. The molecule has 1 unspecified atom stereocenters. The van der Waals surface area contributed by atoms with Gasteiger partial charge in [-0.05, 0) is 12.1 Å². The van der Waals surface area contributed by atoms with E-state index < -0.39 is 0 Å². The van der Waals surface area contributed by atoms with Crippen LogP contribution in [0.15, 0.2) is 18.2 Å². The normalized spacial score (nSPS) is 14.1. The molecule has 96 valence electrons. The summed E-state index contributed by atoms with van der Waals surface area (Å²) in [6.07, 6.45) is 0.268. The lowest BCUT2D eigenvalue weighted by Crippen LogP contribution is -2.24. The second kappa shape index (κ2) is 5.22. The smallest absolute Gasteiger partial charge is 0.231 e. The van der Waals surface area contributed by atoms with Gasteiger partial charge in [0.1, 0.15) is 0 Å². The van der Waals surface area contributed by atoms with Crippen molar-refractivity contribution in [3.63, 3.8) is 0 Å². The van der Waals surface area contributed by atoms with Gasteiger partial charge in [-0.2, -0.15) is 0 Å². The molecule has 1 aliphatic rings. The minimum atomic E-state index is -0.130. The van der Waals surface area contributed by atoms with E-state index in [0.29, 0.717) is 22.2 Å². The van der Waals surface area contributed by atoms with Gasteiger partial charge in [-0.25, -0.2) is 0 Å². The van der Waals surface area contributed by atoms with Crippen LogP contribution in [0, 0.1) is 5.92 Å². The van der Waals surface area contributed by atoms with Gasteiger partial charge in [0.25, 0.3) is 0 Å². The molecule has 0 spiro atoms. The van der Waals surface area contributed by atoms with Crippen LogP contribution < -0.4 is 20.5 Å². The summed E-state index contributed by atoms with van der Waals surface area (Å²) < 4.78 is 10.4. The number of hydrogen-bond donors (Lipinski definition) is 2. The van der Waals surface area contributed by atoms with Gasteiger partial charge >= 0.3 is 0 Å². The summed E-state index contributed by atoms with van der Waals surface area (Å²) in [5.41, 5.74) is 6.13. The number of hydrogen-bond acceptors (Lipinski definition) is 4. The molecule has 0 aliphatic carbocycles. The minimum absolute atomic E-state index is 0.117. The Bertz CT molecular complexity index is 490. The molecule has 1 heterocycles. The number of nitrogens with one attached hydrogen (secondary N) is 1. The summed E-state index contributed by atoms with van der Waals surface area (Å²) in [7, 11) is 0. The van der Waals surface area contributed by atoms with Crippen LogP contribution in [0.2, 0.25) is 0 Å². The van der Waals surface area contributed by atoms with E-state index in [1.807, 2.05) is 6.92 Å². The largest absolute Gasteiger partial charge is 0.454 e. The number of nitrogens with two attached hydrogens (primary N) is 1. The van der Waals surface area contributed by atoms with Gasteiger partial charge in [0.2, 0.25) is 12.7 Å². The molecule has 0 fully saturated rings. The van der Waals surface area contributed by atoms with E-state index >= 15 is 0 Å². The van der Waals surface area contributed by atoms with E-state index in [1.54, 1.807) is 18.2 Å². The molecule has 1 aromatic rings. The van der Waals surface area contributed by atoms with E-state index in [-0.39, 0.29) is 25.0 Å². The quantitative estimate of drug-likeness (QED) is 0.811. The Kier molecular flexibility index (Phi) is 3.66. The highest BCUT2D eigenvalue weighted by Crippen LogP contribution is 2.34. The molecule has 0 radical (unpaired) electrons. The maximum absolute atomic E-state index is 11.7. The monoisotopic (exact) mass is 266 g/mol. The molecule has 0 bridgehead atoms. The fourth-order valence-electron chi connectivity index (χ4n) is 1.56. The summed E-state index contributed by atoms with van der Waals surface area (Å²) in [4.78, 5) is 12.1. The predicted octanol–water partition coefficient (Wildman–Crippen LogP) is 1.67. The van der Waals surface area contributed by atoms with Crippen LogP contribution in [0.4, 0.5) is 5.69 Å². The summed E-state index contributed by atoms with van der Waals surface area (Å²) in [5.74, 6) is 1.07. The number of benzene rings is 1. The molecule has 3 N–H and O–H groups in total. The van der Waals surface area contributed by atoms with Crippen molar-refractivity contribution >= 4 is 28.8 Å². The lowest BCUT2D eigenvalue weighted by Gasteiger charge is -2.10. The van der Waals surface area contributed by atoms with Crippen molar-refractivity contribution in [3.05, 3.63) is 18.2 Å². The third kappa shape index (κ3) is 2.89. The first-order chi connectivity index (χ1) is 8.56. The van der Waals surface area contributed by atoms with Gasteiger partial charge in [-0.3, -0.25) is 4.79 Å². The molecule has 2 rings (SSSR count). The van der Waals surface area contributed by atoms with Gasteiger partial charge in [0, 0.05) is 24.1 Å². The molecule has 0 saturated heterocycles. The predicted molar refractivity (Wildman–Crippen MR) is 71.8 cm³/mol. The molecule has 1 amide bonds. The number of carbonyl (C=O) groups excluding carboxylic acids is 1. The lowest BCUT2D eigenvalue weighted by atomic mass is 10.1. The van der Waals surface area contributed by atoms with Crippen LogP contribution in [0.1, 0.15) is 13.3 Å². The highest BCUT2D eigenvalue weighted by atomic mass is 32.1. The molecular formula is C12H14N2O3S. The molecule has 1 atom stereocenters. The number of amides is 1. The highest BCUT2D eigenvalue weighted by molar-refractivity contribution is 7.80. The maximum Gasteiger partial charge on any atom is 0.231 e. The van der Waals surface area contributed by atoms with Gasteiger partial charge in [0.15, 0.2) is 11.5 Å². The van der Waals surface area contributed by atoms with Crippen LogP contribution in [-0.2, 0) is 4.79 Å². The first-order valence-corrected chi connectivity index (χ1v) is 5.96. The number of fused-ring (bicyclic) bond motifs is 1. The Morgan fingerprint density at radius 2 is 2.22 bits per heavy atom. The van der Waals surface area contributed by atoms with Crippen molar-refractivity contribution in [3.8, 4) is 11.5 Å². The highest BCUT2D eigenvalue weighted by Gasteiger charge is 2.15. The average molecular weight is 266 g/mol. The maximum atomic E-state index is 11.7.